The number of halogens is 2. The van der Waals surface area contributed by atoms with Gasteiger partial charge >= 0.3 is 12.6 Å². The first-order valence-corrected chi connectivity index (χ1v) is 8.06. The van der Waals surface area contributed by atoms with E-state index in [2.05, 4.69) is 30.3 Å². The van der Waals surface area contributed by atoms with Crippen LogP contribution < -0.4 is 15.4 Å². The number of rotatable bonds is 8. The summed E-state index contributed by atoms with van der Waals surface area (Å²) in [6, 6.07) is 11.1. The van der Waals surface area contributed by atoms with E-state index in [0.717, 1.165) is 5.56 Å². The van der Waals surface area contributed by atoms with Crippen molar-refractivity contribution in [2.24, 2.45) is 0 Å². The maximum absolute atomic E-state index is 12.2. The first-order valence-electron chi connectivity index (χ1n) is 8.06. The van der Waals surface area contributed by atoms with E-state index in [1.165, 1.54) is 12.1 Å². The highest BCUT2D eigenvalue weighted by Gasteiger charge is 2.09. The standard InChI is InChI=1S/C18H15F2N5O3/c19-17(20)28-13-3-1-12(2-4-13)23-15-9-14(11-5-7-21-8-6-11)24-18(25-15)22-10-16(26)27/h1-9,17H,10H2,(H,26,27)(H2,22,23,24,25). The predicted molar refractivity (Wildman–Crippen MR) is 97.7 cm³/mol. The minimum absolute atomic E-state index is 0.0320. The number of aliphatic carboxylic acids is 1. The van der Waals surface area contributed by atoms with Crippen LogP contribution in [0.2, 0.25) is 0 Å². The van der Waals surface area contributed by atoms with E-state index in [0.29, 0.717) is 17.2 Å². The second kappa shape index (κ2) is 8.71. The summed E-state index contributed by atoms with van der Waals surface area (Å²) in [5, 5.41) is 14.5. The highest BCUT2D eigenvalue weighted by atomic mass is 19.3. The summed E-state index contributed by atoms with van der Waals surface area (Å²) < 4.78 is 28.8. The van der Waals surface area contributed by atoms with Crippen LogP contribution in [0.5, 0.6) is 5.75 Å². The third-order valence-electron chi connectivity index (χ3n) is 3.45. The number of hydrogen-bond donors (Lipinski definition) is 3. The van der Waals surface area contributed by atoms with E-state index in [1.54, 1.807) is 42.7 Å². The van der Waals surface area contributed by atoms with Crippen LogP contribution >= 0.6 is 0 Å². The smallest absolute Gasteiger partial charge is 0.387 e. The molecule has 144 valence electrons. The van der Waals surface area contributed by atoms with Gasteiger partial charge in [0.1, 0.15) is 18.1 Å². The molecule has 0 aliphatic rings. The molecule has 3 aromatic rings. The minimum atomic E-state index is -2.90. The summed E-state index contributed by atoms with van der Waals surface area (Å²) in [7, 11) is 0. The van der Waals surface area contributed by atoms with Gasteiger partial charge in [-0.25, -0.2) is 4.98 Å². The zero-order valence-electron chi connectivity index (χ0n) is 14.3. The van der Waals surface area contributed by atoms with Crippen molar-refractivity contribution < 1.29 is 23.4 Å². The highest BCUT2D eigenvalue weighted by molar-refractivity contribution is 5.73. The molecule has 0 saturated carbocycles. The van der Waals surface area contributed by atoms with Gasteiger partial charge < -0.3 is 20.5 Å². The number of nitrogens with one attached hydrogen (secondary N) is 2. The molecule has 0 radical (unpaired) electrons. The molecule has 0 bridgehead atoms. The van der Waals surface area contributed by atoms with Crippen LogP contribution in [0.3, 0.4) is 0 Å². The second-order valence-corrected chi connectivity index (χ2v) is 5.47. The van der Waals surface area contributed by atoms with Crippen molar-refractivity contribution in [3.05, 3.63) is 54.9 Å². The number of anilines is 3. The normalized spacial score (nSPS) is 10.5. The molecule has 3 N–H and O–H groups in total. The number of carboxylic acid groups (broad SMARTS) is 1. The molecular formula is C18H15F2N5O3. The fourth-order valence-electron chi connectivity index (χ4n) is 2.28. The fraction of sp³-hybridized carbons (Fsp3) is 0.111. The largest absolute Gasteiger partial charge is 0.480 e. The lowest BCUT2D eigenvalue weighted by molar-refractivity contribution is -0.134. The second-order valence-electron chi connectivity index (χ2n) is 5.47. The molecule has 0 aliphatic carbocycles. The zero-order chi connectivity index (χ0) is 19.9. The highest BCUT2D eigenvalue weighted by Crippen LogP contribution is 2.24. The Balaban J connectivity index is 1.86. The summed E-state index contributed by atoms with van der Waals surface area (Å²) in [6.45, 7) is -3.25. The van der Waals surface area contributed by atoms with E-state index in [4.69, 9.17) is 5.11 Å². The van der Waals surface area contributed by atoms with Crippen LogP contribution in [-0.2, 0) is 4.79 Å². The third-order valence-corrected chi connectivity index (χ3v) is 3.45. The number of carboxylic acids is 1. The Morgan fingerprint density at radius 3 is 2.46 bits per heavy atom. The van der Waals surface area contributed by atoms with Crippen molar-refractivity contribution in [1.82, 2.24) is 15.0 Å². The third kappa shape index (κ3) is 5.34. The Hall–Kier alpha value is -3.82. The molecule has 0 fully saturated rings. The molecule has 0 aliphatic heterocycles. The number of hydrogen-bond acceptors (Lipinski definition) is 7. The van der Waals surface area contributed by atoms with E-state index >= 15 is 0 Å². The summed E-state index contributed by atoms with van der Waals surface area (Å²) in [6.07, 6.45) is 3.22. The molecule has 0 atom stereocenters. The van der Waals surface area contributed by atoms with Crippen molar-refractivity contribution >= 4 is 23.4 Å². The van der Waals surface area contributed by atoms with Crippen molar-refractivity contribution in [2.75, 3.05) is 17.2 Å². The van der Waals surface area contributed by atoms with Crippen LogP contribution in [-0.4, -0.2) is 39.2 Å². The molecule has 28 heavy (non-hydrogen) atoms. The number of benzene rings is 1. The SMILES string of the molecule is O=C(O)CNc1nc(Nc2ccc(OC(F)F)cc2)cc(-c2ccncc2)n1. The van der Waals surface area contributed by atoms with Crippen molar-refractivity contribution in [2.45, 2.75) is 6.61 Å². The minimum Gasteiger partial charge on any atom is -0.480 e. The number of carbonyl (C=O) groups is 1. The van der Waals surface area contributed by atoms with Gasteiger partial charge in [0.15, 0.2) is 0 Å². The van der Waals surface area contributed by atoms with Crippen LogP contribution in [0.4, 0.5) is 26.2 Å². The van der Waals surface area contributed by atoms with Gasteiger partial charge in [0.2, 0.25) is 5.95 Å². The van der Waals surface area contributed by atoms with Crippen LogP contribution in [0.1, 0.15) is 0 Å². The molecule has 2 aromatic heterocycles. The maximum Gasteiger partial charge on any atom is 0.387 e. The summed E-state index contributed by atoms with van der Waals surface area (Å²) >= 11 is 0. The monoisotopic (exact) mass is 387 g/mol. The van der Waals surface area contributed by atoms with Crippen molar-refractivity contribution in [1.29, 1.82) is 0 Å². The molecule has 3 rings (SSSR count). The van der Waals surface area contributed by atoms with Gasteiger partial charge in [0.05, 0.1) is 5.69 Å². The first-order chi connectivity index (χ1) is 13.5. The molecule has 2 heterocycles. The quantitative estimate of drug-likeness (QED) is 0.540. The van der Waals surface area contributed by atoms with E-state index in [9.17, 15) is 13.6 Å². The number of aromatic nitrogens is 3. The Kier molecular flexibility index (Phi) is 5.90. The van der Waals surface area contributed by atoms with Gasteiger partial charge in [0, 0.05) is 29.7 Å². The molecular weight excluding hydrogens is 372 g/mol. The Bertz CT molecular complexity index is 940. The average molecular weight is 387 g/mol. The molecule has 8 nitrogen and oxygen atoms in total. The lowest BCUT2D eigenvalue weighted by atomic mass is 10.2. The van der Waals surface area contributed by atoms with Gasteiger partial charge in [-0.3, -0.25) is 9.78 Å². The molecule has 0 spiro atoms. The van der Waals surface area contributed by atoms with Gasteiger partial charge in [-0.2, -0.15) is 13.8 Å². The maximum atomic E-state index is 12.2. The van der Waals surface area contributed by atoms with Crippen LogP contribution in [0, 0.1) is 0 Å². The topological polar surface area (TPSA) is 109 Å². The Labute approximate surface area is 158 Å². The lowest BCUT2D eigenvalue weighted by Gasteiger charge is -2.11. The molecule has 0 saturated heterocycles. The predicted octanol–water partition coefficient (Wildman–Crippen LogP) is 3.38. The van der Waals surface area contributed by atoms with E-state index in [1.807, 2.05) is 0 Å². The summed E-state index contributed by atoms with van der Waals surface area (Å²) in [4.78, 5) is 23.3. The van der Waals surface area contributed by atoms with E-state index < -0.39 is 12.6 Å². The first kappa shape index (κ1) is 19.0. The molecule has 1 aromatic carbocycles. The Morgan fingerprint density at radius 2 is 1.82 bits per heavy atom. The number of nitrogens with zero attached hydrogens (tertiary/aromatic N) is 3. The van der Waals surface area contributed by atoms with Crippen LogP contribution in [0.15, 0.2) is 54.9 Å². The molecule has 10 heteroatoms. The number of alkyl halides is 2. The average Bonchev–Trinajstić information content (AvgIpc) is 2.68. The van der Waals surface area contributed by atoms with Crippen molar-refractivity contribution in [3.8, 4) is 17.0 Å². The number of pyridine rings is 1. The van der Waals surface area contributed by atoms with Crippen LogP contribution in [0.25, 0.3) is 11.3 Å². The summed E-state index contributed by atoms with van der Waals surface area (Å²) in [5.41, 5.74) is 1.88. The lowest BCUT2D eigenvalue weighted by Crippen LogP contribution is -2.15. The summed E-state index contributed by atoms with van der Waals surface area (Å²) in [5.74, 6) is -0.513. The van der Waals surface area contributed by atoms with E-state index in [-0.39, 0.29) is 18.2 Å². The van der Waals surface area contributed by atoms with Gasteiger partial charge in [-0.15, -0.1) is 0 Å². The van der Waals surface area contributed by atoms with Gasteiger partial charge in [-0.1, -0.05) is 0 Å². The zero-order valence-corrected chi connectivity index (χ0v) is 14.3. The van der Waals surface area contributed by atoms with Gasteiger partial charge in [-0.05, 0) is 36.4 Å². The number of ether oxygens (including phenoxy) is 1. The Morgan fingerprint density at radius 1 is 1.11 bits per heavy atom. The van der Waals surface area contributed by atoms with Gasteiger partial charge in [0.25, 0.3) is 0 Å². The molecule has 0 unspecified atom stereocenters. The van der Waals surface area contributed by atoms with Crippen molar-refractivity contribution in [3.63, 3.8) is 0 Å². The molecule has 0 amide bonds. The fourth-order valence-corrected chi connectivity index (χ4v) is 2.28.